The number of hydrogen-bond acceptors (Lipinski definition) is 6. The van der Waals surface area contributed by atoms with Crippen molar-refractivity contribution in [2.75, 3.05) is 0 Å². The Balaban J connectivity index is 1.77. The van der Waals surface area contributed by atoms with Crippen molar-refractivity contribution in [3.63, 3.8) is 0 Å². The molecule has 3 aromatic carbocycles. The second-order valence-electron chi connectivity index (χ2n) is 10.6. The first kappa shape index (κ1) is 27.9. The van der Waals surface area contributed by atoms with Crippen LogP contribution in [0.1, 0.15) is 47.9 Å². The molecule has 9 nitrogen and oxygen atoms in total. The number of nitriles is 1. The Labute approximate surface area is 237 Å². The summed E-state index contributed by atoms with van der Waals surface area (Å²) in [7, 11) is 0. The van der Waals surface area contributed by atoms with E-state index in [2.05, 4.69) is 11.2 Å². The zero-order valence-electron chi connectivity index (χ0n) is 22.4. The lowest BCUT2D eigenvalue weighted by Crippen LogP contribution is -2.43. The normalized spacial score (nSPS) is 19.6. The Morgan fingerprint density at radius 3 is 2.34 bits per heavy atom. The number of carbonyl (C=O) groups is 2. The summed E-state index contributed by atoms with van der Waals surface area (Å²) in [6.07, 6.45) is 4.87. The van der Waals surface area contributed by atoms with E-state index in [1.54, 1.807) is 60.7 Å². The van der Waals surface area contributed by atoms with E-state index in [1.165, 1.54) is 12.1 Å². The van der Waals surface area contributed by atoms with Gasteiger partial charge in [-0.25, -0.2) is 4.39 Å². The largest absolute Gasteiger partial charge is 0.364 e. The summed E-state index contributed by atoms with van der Waals surface area (Å²) in [6.45, 7) is 0.171. The number of quaternary nitrogens is 1. The Bertz CT molecular complexity index is 1640. The minimum Gasteiger partial charge on any atom is -0.364 e. The summed E-state index contributed by atoms with van der Waals surface area (Å²) in [4.78, 5) is 25.1. The molecule has 8 N–H and O–H groups in total. The van der Waals surface area contributed by atoms with Gasteiger partial charge in [0, 0.05) is 30.8 Å². The molecule has 2 aliphatic rings. The summed E-state index contributed by atoms with van der Waals surface area (Å²) in [5, 5.41) is 13.8. The number of primary amides is 2. The van der Waals surface area contributed by atoms with Crippen molar-refractivity contribution < 1.29 is 14.0 Å². The van der Waals surface area contributed by atoms with Crippen LogP contribution in [0.15, 0.2) is 83.6 Å². The molecule has 1 heterocycles. The maximum absolute atomic E-state index is 16.0. The molecule has 1 aliphatic heterocycles. The van der Waals surface area contributed by atoms with Gasteiger partial charge >= 0.3 is 5.91 Å². The van der Waals surface area contributed by atoms with Crippen molar-refractivity contribution in [3.05, 3.63) is 107 Å². The lowest BCUT2D eigenvalue weighted by molar-refractivity contribution is -0.115. The average Bonchev–Trinajstić information content (AvgIpc) is 3.72. The summed E-state index contributed by atoms with van der Waals surface area (Å²) < 4.78 is 15.2. The number of benzene rings is 3. The maximum atomic E-state index is 16.0. The van der Waals surface area contributed by atoms with Crippen LogP contribution in [0.5, 0.6) is 0 Å². The Morgan fingerprint density at radius 1 is 1.02 bits per heavy atom. The third kappa shape index (κ3) is 5.02. The minimum atomic E-state index is -1.06. The summed E-state index contributed by atoms with van der Waals surface area (Å²) in [5.41, 5.74) is 25.8. The highest BCUT2D eigenvalue weighted by Gasteiger charge is 2.50. The fourth-order valence-electron chi connectivity index (χ4n) is 5.40. The van der Waals surface area contributed by atoms with Crippen LogP contribution >= 0.6 is 0 Å². The van der Waals surface area contributed by atoms with Crippen molar-refractivity contribution in [3.8, 4) is 6.07 Å². The number of amides is 2. The van der Waals surface area contributed by atoms with Crippen LogP contribution in [-0.2, 0) is 21.7 Å². The first-order chi connectivity index (χ1) is 19.6. The number of halogens is 1. The van der Waals surface area contributed by atoms with Crippen molar-refractivity contribution in [1.29, 1.82) is 5.26 Å². The molecule has 0 radical (unpaired) electrons. The monoisotopic (exact) mass is 552 g/mol. The average molecular weight is 553 g/mol. The molecular weight excluding hydrogens is 521 g/mol. The highest BCUT2D eigenvalue weighted by molar-refractivity contribution is 6.44. The number of nitrogens with two attached hydrogens (primary N) is 4. The molecule has 1 fully saturated rings. The first-order valence-electron chi connectivity index (χ1n) is 13.3. The molecule has 2 unspecified atom stereocenters. The van der Waals surface area contributed by atoms with Crippen molar-refractivity contribution in [2.45, 2.75) is 37.8 Å². The molecule has 0 bridgehead atoms. The van der Waals surface area contributed by atoms with Gasteiger partial charge in [-0.3, -0.25) is 9.59 Å². The Morgan fingerprint density at radius 2 is 1.73 bits per heavy atom. The van der Waals surface area contributed by atoms with Crippen LogP contribution in [-0.4, -0.2) is 17.5 Å². The van der Waals surface area contributed by atoms with E-state index in [0.29, 0.717) is 34.7 Å². The molecule has 2 atom stereocenters. The Kier molecular flexibility index (Phi) is 7.28. The molecule has 2 amide bonds. The number of carbonyl (C=O) groups excluding carboxylic acids is 2. The predicted molar refractivity (Wildman–Crippen MR) is 154 cm³/mol. The van der Waals surface area contributed by atoms with Crippen LogP contribution in [0.4, 0.5) is 15.8 Å². The van der Waals surface area contributed by atoms with Crippen LogP contribution in [0.2, 0.25) is 0 Å². The highest BCUT2D eigenvalue weighted by Crippen LogP contribution is 2.47. The fraction of sp³-hybridized carbons (Fsp3) is 0.226. The van der Waals surface area contributed by atoms with Crippen LogP contribution in [0.3, 0.4) is 0 Å². The number of hydrogen-bond donors (Lipinski definition) is 4. The lowest BCUT2D eigenvalue weighted by atomic mass is 9.79. The van der Waals surface area contributed by atoms with Gasteiger partial charge in [-0.2, -0.15) is 5.26 Å². The molecule has 0 saturated heterocycles. The van der Waals surface area contributed by atoms with Gasteiger partial charge in [-0.15, -0.1) is 0 Å². The van der Waals surface area contributed by atoms with Gasteiger partial charge in [0.2, 0.25) is 11.4 Å². The van der Waals surface area contributed by atoms with Crippen LogP contribution < -0.4 is 27.5 Å². The SMILES string of the molecule is N#Cc1ccc(C(N)(CCC2CC2)c2ccc(F)c([N+]3(c4cccc(CN)c4)N=C(C(N)=O)C=C3C(N)=O)c2)cc1. The molecule has 1 aliphatic carbocycles. The van der Waals surface area contributed by atoms with E-state index in [-0.39, 0.29) is 23.6 Å². The molecule has 10 heteroatoms. The van der Waals surface area contributed by atoms with Gasteiger partial charge in [-0.05, 0) is 53.6 Å². The van der Waals surface area contributed by atoms with Gasteiger partial charge < -0.3 is 22.9 Å². The number of rotatable bonds is 10. The van der Waals surface area contributed by atoms with E-state index in [1.807, 2.05) is 0 Å². The van der Waals surface area contributed by atoms with Gasteiger partial charge in [0.15, 0.2) is 17.2 Å². The van der Waals surface area contributed by atoms with Crippen molar-refractivity contribution >= 4 is 28.9 Å². The fourth-order valence-corrected chi connectivity index (χ4v) is 5.40. The molecule has 0 spiro atoms. The molecule has 5 rings (SSSR count). The second kappa shape index (κ2) is 10.7. The van der Waals surface area contributed by atoms with E-state index < -0.39 is 27.8 Å². The van der Waals surface area contributed by atoms with Gasteiger partial charge in [-0.1, -0.05) is 52.9 Å². The predicted octanol–water partition coefficient (Wildman–Crippen LogP) is 3.41. The second-order valence-corrected chi connectivity index (χ2v) is 10.6. The van der Waals surface area contributed by atoms with Crippen LogP contribution in [0, 0.1) is 23.1 Å². The zero-order valence-corrected chi connectivity index (χ0v) is 22.4. The third-order valence-corrected chi connectivity index (χ3v) is 7.89. The van der Waals surface area contributed by atoms with E-state index in [0.717, 1.165) is 24.8 Å². The maximum Gasteiger partial charge on any atom is 0.306 e. The highest BCUT2D eigenvalue weighted by atomic mass is 19.1. The molecule has 208 valence electrons. The molecule has 3 aromatic rings. The molecular formula is C31H31FN7O2+. The zero-order chi connectivity index (χ0) is 29.4. The van der Waals surface area contributed by atoms with Gasteiger partial charge in [0.05, 0.1) is 17.2 Å². The molecule has 0 aromatic heterocycles. The van der Waals surface area contributed by atoms with E-state index >= 15 is 4.39 Å². The first-order valence-corrected chi connectivity index (χ1v) is 13.3. The van der Waals surface area contributed by atoms with E-state index in [9.17, 15) is 14.9 Å². The van der Waals surface area contributed by atoms with Crippen molar-refractivity contribution in [2.24, 2.45) is 34.0 Å². The Hall–Kier alpha value is -4.69. The molecule has 1 saturated carbocycles. The van der Waals surface area contributed by atoms with Gasteiger partial charge in [0.25, 0.3) is 5.91 Å². The standard InChI is InChI=1S/C31H30FN7O2/c32-25-11-10-23(31(37,13-12-19-4-5-19)22-8-6-20(17-33)7-9-22)15-27(25)39(24-3-1-2-21(14-24)18-34)28(30(36)41)16-26(38-39)29(35)40/h1-3,6-11,14-16,19H,4-5,12-13,18,34,37H2,(H3-,35,36,40,41)/p+1. The topological polar surface area (TPSA) is 174 Å². The summed E-state index contributed by atoms with van der Waals surface area (Å²) >= 11 is 0. The molecule has 41 heavy (non-hydrogen) atoms. The minimum absolute atomic E-state index is 0.0622. The summed E-state index contributed by atoms with van der Waals surface area (Å²) in [5.74, 6) is -1.93. The van der Waals surface area contributed by atoms with Gasteiger partial charge in [0.1, 0.15) is 0 Å². The summed E-state index contributed by atoms with van der Waals surface area (Å²) in [6, 6.07) is 20.4. The smallest absolute Gasteiger partial charge is 0.306 e. The quantitative estimate of drug-likeness (QED) is 0.282. The van der Waals surface area contributed by atoms with E-state index in [4.69, 9.17) is 22.9 Å². The number of nitrogens with zero attached hydrogens (tertiary/aromatic N) is 3. The lowest BCUT2D eigenvalue weighted by Gasteiger charge is -2.34. The third-order valence-electron chi connectivity index (χ3n) is 7.89. The van der Waals surface area contributed by atoms with Crippen LogP contribution in [0.25, 0.3) is 0 Å². The van der Waals surface area contributed by atoms with Crippen molar-refractivity contribution in [1.82, 2.24) is 4.59 Å².